The quantitative estimate of drug-likeness (QED) is 0.382. The number of guanidine groups is 1. The molecular formula is C21H29N3O3. The Labute approximate surface area is 161 Å². The van der Waals surface area contributed by atoms with Gasteiger partial charge in [-0.1, -0.05) is 30.3 Å². The summed E-state index contributed by atoms with van der Waals surface area (Å²) in [6, 6.07) is 15.9. The first-order chi connectivity index (χ1) is 13.2. The van der Waals surface area contributed by atoms with E-state index >= 15 is 0 Å². The minimum absolute atomic E-state index is 0.525. The van der Waals surface area contributed by atoms with Crippen molar-refractivity contribution >= 4 is 5.96 Å². The maximum Gasteiger partial charge on any atom is 0.191 e. The fraction of sp³-hybridized carbons (Fsp3) is 0.381. The van der Waals surface area contributed by atoms with Gasteiger partial charge in [-0.25, -0.2) is 0 Å². The smallest absolute Gasteiger partial charge is 0.191 e. The molecule has 0 saturated carbocycles. The summed E-state index contributed by atoms with van der Waals surface area (Å²) >= 11 is 0. The average molecular weight is 371 g/mol. The molecule has 2 rings (SSSR count). The lowest BCUT2D eigenvalue weighted by molar-refractivity contribution is 0.145. The molecular weight excluding hydrogens is 342 g/mol. The van der Waals surface area contributed by atoms with Crippen LogP contribution in [-0.4, -0.2) is 46.5 Å². The van der Waals surface area contributed by atoms with Crippen LogP contribution in [0.15, 0.2) is 53.5 Å². The molecule has 0 unspecified atom stereocenters. The van der Waals surface area contributed by atoms with Crippen LogP contribution < -0.4 is 20.1 Å². The van der Waals surface area contributed by atoms with Gasteiger partial charge in [0.25, 0.3) is 0 Å². The van der Waals surface area contributed by atoms with Gasteiger partial charge >= 0.3 is 0 Å². The molecule has 0 saturated heterocycles. The third kappa shape index (κ3) is 7.58. The molecule has 0 aromatic heterocycles. The van der Waals surface area contributed by atoms with Crippen molar-refractivity contribution in [3.63, 3.8) is 0 Å². The third-order valence-electron chi connectivity index (χ3n) is 3.84. The molecule has 0 spiro atoms. The van der Waals surface area contributed by atoms with E-state index in [-0.39, 0.29) is 0 Å². The number of rotatable bonds is 10. The van der Waals surface area contributed by atoms with Crippen LogP contribution in [0.5, 0.6) is 11.5 Å². The summed E-state index contributed by atoms with van der Waals surface area (Å²) in [6.07, 6.45) is 0. The Morgan fingerprint density at radius 3 is 2.52 bits per heavy atom. The van der Waals surface area contributed by atoms with E-state index in [9.17, 15) is 0 Å². The zero-order valence-electron chi connectivity index (χ0n) is 16.3. The van der Waals surface area contributed by atoms with Crippen LogP contribution in [0.3, 0.4) is 0 Å². The molecule has 0 aliphatic rings. The van der Waals surface area contributed by atoms with Crippen molar-refractivity contribution in [2.24, 2.45) is 4.99 Å². The van der Waals surface area contributed by atoms with Gasteiger partial charge in [0.1, 0.15) is 24.7 Å². The Morgan fingerprint density at radius 2 is 1.78 bits per heavy atom. The highest BCUT2D eigenvalue weighted by Gasteiger charge is 2.06. The number of benzene rings is 2. The molecule has 6 nitrogen and oxygen atoms in total. The summed E-state index contributed by atoms with van der Waals surface area (Å²) in [7, 11) is 3.41. The molecule has 2 aromatic rings. The van der Waals surface area contributed by atoms with Crippen LogP contribution >= 0.6 is 0 Å². The second-order valence-corrected chi connectivity index (χ2v) is 5.97. The number of aliphatic imine (C=N–C) groups is 1. The highest BCUT2D eigenvalue weighted by atomic mass is 16.5. The first kappa shape index (κ1) is 20.6. The molecule has 0 fully saturated rings. The molecule has 2 aromatic carbocycles. The summed E-state index contributed by atoms with van der Waals surface area (Å²) in [5, 5.41) is 6.55. The number of aryl methyl sites for hydroxylation is 1. The zero-order chi connectivity index (χ0) is 19.3. The number of hydrogen-bond donors (Lipinski definition) is 2. The highest BCUT2D eigenvalue weighted by Crippen LogP contribution is 2.20. The molecule has 0 radical (unpaired) electrons. The Hall–Kier alpha value is -2.73. The van der Waals surface area contributed by atoms with Crippen molar-refractivity contribution in [2.45, 2.75) is 13.5 Å². The number of hydrogen-bond acceptors (Lipinski definition) is 4. The molecule has 27 heavy (non-hydrogen) atoms. The van der Waals surface area contributed by atoms with Gasteiger partial charge < -0.3 is 24.8 Å². The van der Waals surface area contributed by atoms with Crippen LogP contribution in [0.2, 0.25) is 0 Å². The molecule has 0 heterocycles. The van der Waals surface area contributed by atoms with Crippen LogP contribution in [0.1, 0.15) is 11.1 Å². The van der Waals surface area contributed by atoms with Crippen molar-refractivity contribution in [2.75, 3.05) is 40.5 Å². The van der Waals surface area contributed by atoms with E-state index in [0.29, 0.717) is 32.9 Å². The van der Waals surface area contributed by atoms with Crippen molar-refractivity contribution in [1.29, 1.82) is 0 Å². The predicted molar refractivity (Wildman–Crippen MR) is 109 cm³/mol. The Balaban J connectivity index is 1.79. The highest BCUT2D eigenvalue weighted by molar-refractivity contribution is 5.79. The van der Waals surface area contributed by atoms with Crippen molar-refractivity contribution in [3.05, 3.63) is 59.7 Å². The standard InChI is InChI=1S/C21H29N3O3/c1-17-9-10-18(20(15-17)27-14-13-25-3)16-24-21(22-2)23-11-12-26-19-7-5-4-6-8-19/h4-10,15H,11-14,16H2,1-3H3,(H2,22,23,24). The topological polar surface area (TPSA) is 64.1 Å². The van der Waals surface area contributed by atoms with Gasteiger partial charge in [-0.05, 0) is 30.7 Å². The Kier molecular flexibility index (Phi) is 9.00. The van der Waals surface area contributed by atoms with Crippen LogP contribution in [0.4, 0.5) is 0 Å². The van der Waals surface area contributed by atoms with E-state index in [1.807, 2.05) is 43.3 Å². The molecule has 0 atom stereocenters. The van der Waals surface area contributed by atoms with Crippen molar-refractivity contribution in [3.8, 4) is 11.5 Å². The minimum Gasteiger partial charge on any atom is -0.492 e. The SMILES string of the molecule is CN=C(NCCOc1ccccc1)NCc1ccc(C)cc1OCCOC. The fourth-order valence-corrected chi connectivity index (χ4v) is 2.43. The first-order valence-electron chi connectivity index (χ1n) is 9.06. The van der Waals surface area contributed by atoms with Crippen LogP contribution in [-0.2, 0) is 11.3 Å². The second kappa shape index (κ2) is 11.8. The summed E-state index contributed by atoms with van der Waals surface area (Å²) in [6.45, 7) is 4.96. The number of nitrogens with one attached hydrogen (secondary N) is 2. The minimum atomic E-state index is 0.525. The van der Waals surface area contributed by atoms with Gasteiger partial charge in [-0.2, -0.15) is 0 Å². The Morgan fingerprint density at radius 1 is 0.963 bits per heavy atom. The summed E-state index contributed by atoms with van der Waals surface area (Å²) in [5.41, 5.74) is 2.23. The predicted octanol–water partition coefficient (Wildman–Crippen LogP) is 2.76. The maximum atomic E-state index is 5.83. The maximum absolute atomic E-state index is 5.83. The van der Waals surface area contributed by atoms with Gasteiger partial charge in [0, 0.05) is 26.3 Å². The molecule has 0 amide bonds. The van der Waals surface area contributed by atoms with Gasteiger partial charge in [0.05, 0.1) is 13.2 Å². The molecule has 0 aliphatic carbocycles. The second-order valence-electron chi connectivity index (χ2n) is 5.97. The molecule has 6 heteroatoms. The van der Waals surface area contributed by atoms with E-state index in [1.165, 1.54) is 0 Å². The average Bonchev–Trinajstić information content (AvgIpc) is 2.69. The summed E-state index contributed by atoms with van der Waals surface area (Å²) < 4.78 is 16.6. The van der Waals surface area contributed by atoms with Gasteiger partial charge in [0.2, 0.25) is 0 Å². The summed E-state index contributed by atoms with van der Waals surface area (Å²) in [5.74, 6) is 2.44. The fourth-order valence-electron chi connectivity index (χ4n) is 2.43. The number of para-hydroxylation sites is 1. The lowest BCUT2D eigenvalue weighted by Crippen LogP contribution is -2.39. The third-order valence-corrected chi connectivity index (χ3v) is 3.84. The molecule has 0 bridgehead atoms. The number of methoxy groups -OCH3 is 1. The van der Waals surface area contributed by atoms with E-state index < -0.39 is 0 Å². The van der Waals surface area contributed by atoms with Gasteiger partial charge in [-0.3, -0.25) is 4.99 Å². The summed E-state index contributed by atoms with van der Waals surface area (Å²) in [4.78, 5) is 4.25. The monoisotopic (exact) mass is 371 g/mol. The van der Waals surface area contributed by atoms with E-state index in [2.05, 4.69) is 27.8 Å². The lowest BCUT2D eigenvalue weighted by atomic mass is 10.1. The number of ether oxygens (including phenoxy) is 3. The van der Waals surface area contributed by atoms with Gasteiger partial charge in [0.15, 0.2) is 5.96 Å². The Bertz CT molecular complexity index is 705. The molecule has 2 N–H and O–H groups in total. The zero-order valence-corrected chi connectivity index (χ0v) is 16.3. The lowest BCUT2D eigenvalue weighted by Gasteiger charge is -2.15. The number of nitrogens with zero attached hydrogens (tertiary/aromatic N) is 1. The van der Waals surface area contributed by atoms with E-state index in [0.717, 1.165) is 28.6 Å². The van der Waals surface area contributed by atoms with Gasteiger partial charge in [-0.15, -0.1) is 0 Å². The van der Waals surface area contributed by atoms with Crippen molar-refractivity contribution in [1.82, 2.24) is 10.6 Å². The molecule has 0 aliphatic heterocycles. The van der Waals surface area contributed by atoms with Crippen molar-refractivity contribution < 1.29 is 14.2 Å². The van der Waals surface area contributed by atoms with E-state index in [1.54, 1.807) is 14.2 Å². The van der Waals surface area contributed by atoms with Crippen LogP contribution in [0, 0.1) is 6.92 Å². The molecule has 146 valence electrons. The normalized spacial score (nSPS) is 11.1. The first-order valence-corrected chi connectivity index (χ1v) is 9.06. The largest absolute Gasteiger partial charge is 0.492 e. The van der Waals surface area contributed by atoms with Crippen LogP contribution in [0.25, 0.3) is 0 Å². The van der Waals surface area contributed by atoms with E-state index in [4.69, 9.17) is 14.2 Å².